The topological polar surface area (TPSA) is 67.4 Å². The highest BCUT2D eigenvalue weighted by Gasteiger charge is 2.09. The van der Waals surface area contributed by atoms with Crippen molar-refractivity contribution >= 4 is 23.4 Å². The molecule has 0 aromatic rings. The number of methoxy groups -OCH3 is 1. The molecule has 6 heteroatoms. The molecule has 1 atom stereocenters. The van der Waals surface area contributed by atoms with Crippen LogP contribution in [0.4, 0.5) is 0 Å². The largest absolute Gasteiger partial charge is 0.385 e. The molecule has 0 fully saturated rings. The summed E-state index contributed by atoms with van der Waals surface area (Å²) in [6.07, 6.45) is 0.752. The lowest BCUT2D eigenvalue weighted by atomic mass is 10.4. The van der Waals surface area contributed by atoms with Gasteiger partial charge in [0.2, 0.25) is 11.8 Å². The minimum absolute atomic E-state index is 0.0388. The summed E-state index contributed by atoms with van der Waals surface area (Å²) in [5.74, 6) is -0.569. The molecule has 0 heterocycles. The summed E-state index contributed by atoms with van der Waals surface area (Å²) in [4.78, 5) is 22.1. The quantitative estimate of drug-likeness (QED) is 0.479. The van der Waals surface area contributed by atoms with Crippen LogP contribution in [0.15, 0.2) is 0 Å². The molecule has 0 saturated heterocycles. The molecule has 0 saturated carbocycles. The molecule has 0 spiro atoms. The predicted octanol–water partition coefficient (Wildman–Crippen LogP) is -0.117. The summed E-state index contributed by atoms with van der Waals surface area (Å²) < 4.78 is 4.81. The van der Waals surface area contributed by atoms with Crippen molar-refractivity contribution in [3.8, 4) is 0 Å². The van der Waals surface area contributed by atoms with E-state index < -0.39 is 5.38 Å². The molecule has 0 aliphatic heterocycles. The molecule has 1 unspecified atom stereocenters. The van der Waals surface area contributed by atoms with Crippen molar-refractivity contribution in [3.63, 3.8) is 0 Å². The molecule has 15 heavy (non-hydrogen) atoms. The highest BCUT2D eigenvalue weighted by atomic mass is 35.5. The van der Waals surface area contributed by atoms with Crippen molar-refractivity contribution < 1.29 is 14.3 Å². The Bertz CT molecular complexity index is 210. The second-order valence-corrected chi connectivity index (χ2v) is 3.68. The summed E-state index contributed by atoms with van der Waals surface area (Å²) in [5, 5.41) is 4.42. The Morgan fingerprint density at radius 2 is 2.07 bits per heavy atom. The molecule has 0 rings (SSSR count). The second-order valence-electron chi connectivity index (χ2n) is 3.03. The fourth-order valence-electron chi connectivity index (χ4n) is 0.815. The van der Waals surface area contributed by atoms with Crippen LogP contribution in [-0.2, 0) is 14.3 Å². The van der Waals surface area contributed by atoms with Crippen molar-refractivity contribution in [2.24, 2.45) is 0 Å². The molecule has 88 valence electrons. The average Bonchev–Trinajstić information content (AvgIpc) is 2.20. The molecule has 2 amide bonds. The molecular weight excluding hydrogens is 220 g/mol. The van der Waals surface area contributed by atoms with Crippen LogP contribution in [0.25, 0.3) is 0 Å². The lowest BCUT2D eigenvalue weighted by molar-refractivity contribution is -0.125. The smallest absolute Gasteiger partial charge is 0.239 e. The number of alkyl halides is 1. The van der Waals surface area contributed by atoms with Crippen molar-refractivity contribution in [2.75, 3.05) is 26.8 Å². The SMILES string of the molecule is COCCCNC(=O)CNC(=O)C(C)Cl. The summed E-state index contributed by atoms with van der Waals surface area (Å²) >= 11 is 5.50. The van der Waals surface area contributed by atoms with Gasteiger partial charge in [-0.15, -0.1) is 11.6 Å². The zero-order valence-corrected chi connectivity index (χ0v) is 9.76. The van der Waals surface area contributed by atoms with Crippen molar-refractivity contribution in [1.82, 2.24) is 10.6 Å². The lowest BCUT2D eigenvalue weighted by Gasteiger charge is -2.07. The fraction of sp³-hybridized carbons (Fsp3) is 0.778. The third-order valence-corrected chi connectivity index (χ3v) is 1.83. The van der Waals surface area contributed by atoms with Gasteiger partial charge in [0.05, 0.1) is 6.54 Å². The first-order valence-electron chi connectivity index (χ1n) is 4.75. The van der Waals surface area contributed by atoms with E-state index in [2.05, 4.69) is 10.6 Å². The van der Waals surface area contributed by atoms with Gasteiger partial charge in [0.15, 0.2) is 0 Å². The van der Waals surface area contributed by atoms with E-state index in [4.69, 9.17) is 16.3 Å². The summed E-state index contributed by atoms with van der Waals surface area (Å²) in [6, 6.07) is 0. The van der Waals surface area contributed by atoms with E-state index in [1.54, 1.807) is 14.0 Å². The molecule has 0 radical (unpaired) electrons. The first-order valence-corrected chi connectivity index (χ1v) is 5.19. The fourth-order valence-corrected chi connectivity index (χ4v) is 0.892. The number of hydrogen-bond acceptors (Lipinski definition) is 3. The van der Waals surface area contributed by atoms with Gasteiger partial charge >= 0.3 is 0 Å². The number of ether oxygens (including phenoxy) is 1. The Balaban J connectivity index is 3.45. The van der Waals surface area contributed by atoms with Gasteiger partial charge in [-0.3, -0.25) is 9.59 Å². The molecule has 0 bridgehead atoms. The summed E-state index contributed by atoms with van der Waals surface area (Å²) in [6.45, 7) is 2.65. The van der Waals surface area contributed by atoms with Crippen LogP contribution in [0.5, 0.6) is 0 Å². The first-order chi connectivity index (χ1) is 7.07. The third kappa shape index (κ3) is 8.20. The summed E-state index contributed by atoms with van der Waals surface area (Å²) in [7, 11) is 1.60. The van der Waals surface area contributed by atoms with Crippen LogP contribution in [0, 0.1) is 0 Å². The predicted molar refractivity (Wildman–Crippen MR) is 57.8 cm³/mol. The van der Waals surface area contributed by atoms with Gasteiger partial charge in [0, 0.05) is 20.3 Å². The molecule has 0 aliphatic carbocycles. The van der Waals surface area contributed by atoms with Gasteiger partial charge in [-0.05, 0) is 13.3 Å². The Hall–Kier alpha value is -0.810. The zero-order chi connectivity index (χ0) is 11.7. The highest BCUT2D eigenvalue weighted by molar-refractivity contribution is 6.30. The normalized spacial score (nSPS) is 11.9. The molecule has 5 nitrogen and oxygen atoms in total. The highest BCUT2D eigenvalue weighted by Crippen LogP contribution is 1.91. The minimum atomic E-state index is -0.619. The molecule has 0 aromatic carbocycles. The van der Waals surface area contributed by atoms with Crippen molar-refractivity contribution in [1.29, 1.82) is 0 Å². The van der Waals surface area contributed by atoms with E-state index in [-0.39, 0.29) is 18.4 Å². The number of hydrogen-bond donors (Lipinski definition) is 2. The molecule has 0 aromatic heterocycles. The van der Waals surface area contributed by atoms with Crippen molar-refractivity contribution in [2.45, 2.75) is 18.7 Å². The van der Waals surface area contributed by atoms with E-state index in [1.165, 1.54) is 0 Å². The van der Waals surface area contributed by atoms with Crippen LogP contribution in [0.1, 0.15) is 13.3 Å². The Labute approximate surface area is 94.5 Å². The van der Waals surface area contributed by atoms with Crippen LogP contribution < -0.4 is 10.6 Å². The van der Waals surface area contributed by atoms with Gasteiger partial charge in [0.25, 0.3) is 0 Å². The van der Waals surface area contributed by atoms with E-state index >= 15 is 0 Å². The standard InChI is InChI=1S/C9H17ClN2O3/c1-7(10)9(14)12-6-8(13)11-4-3-5-15-2/h7H,3-6H2,1-2H3,(H,11,13)(H,12,14). The van der Waals surface area contributed by atoms with E-state index in [0.29, 0.717) is 13.2 Å². The van der Waals surface area contributed by atoms with Crippen LogP contribution in [0.3, 0.4) is 0 Å². The Morgan fingerprint density at radius 1 is 1.40 bits per heavy atom. The van der Waals surface area contributed by atoms with E-state index in [1.807, 2.05) is 0 Å². The van der Waals surface area contributed by atoms with Crippen LogP contribution in [-0.4, -0.2) is 44.0 Å². The number of halogens is 1. The summed E-state index contributed by atoms with van der Waals surface area (Å²) in [5.41, 5.74) is 0. The minimum Gasteiger partial charge on any atom is -0.385 e. The van der Waals surface area contributed by atoms with Gasteiger partial charge < -0.3 is 15.4 Å². The Kier molecular flexibility index (Phi) is 8.04. The Morgan fingerprint density at radius 3 is 2.60 bits per heavy atom. The number of carbonyl (C=O) groups is 2. The number of rotatable bonds is 7. The van der Waals surface area contributed by atoms with E-state index in [9.17, 15) is 9.59 Å². The van der Waals surface area contributed by atoms with Gasteiger partial charge in [-0.1, -0.05) is 0 Å². The monoisotopic (exact) mass is 236 g/mol. The van der Waals surface area contributed by atoms with Gasteiger partial charge in [-0.2, -0.15) is 0 Å². The number of amides is 2. The average molecular weight is 237 g/mol. The lowest BCUT2D eigenvalue weighted by Crippen LogP contribution is -2.39. The molecular formula is C9H17ClN2O3. The van der Waals surface area contributed by atoms with E-state index in [0.717, 1.165) is 6.42 Å². The second kappa shape index (κ2) is 8.49. The molecule has 2 N–H and O–H groups in total. The van der Waals surface area contributed by atoms with Crippen molar-refractivity contribution in [3.05, 3.63) is 0 Å². The van der Waals surface area contributed by atoms with Gasteiger partial charge in [-0.25, -0.2) is 0 Å². The number of nitrogens with one attached hydrogen (secondary N) is 2. The van der Waals surface area contributed by atoms with Crippen LogP contribution >= 0.6 is 11.6 Å². The maximum atomic E-state index is 11.1. The number of carbonyl (C=O) groups excluding carboxylic acids is 2. The van der Waals surface area contributed by atoms with Crippen LogP contribution in [0.2, 0.25) is 0 Å². The maximum Gasteiger partial charge on any atom is 0.239 e. The third-order valence-electron chi connectivity index (χ3n) is 1.63. The zero-order valence-electron chi connectivity index (χ0n) is 9.01. The van der Waals surface area contributed by atoms with Gasteiger partial charge in [0.1, 0.15) is 5.38 Å². The maximum absolute atomic E-state index is 11.1. The first kappa shape index (κ1) is 14.2. The molecule has 0 aliphatic rings.